The van der Waals surface area contributed by atoms with E-state index in [1.807, 2.05) is 13.8 Å². The number of hydrogen-bond donors (Lipinski definition) is 1. The summed E-state index contributed by atoms with van der Waals surface area (Å²) < 4.78 is 39.9. The summed E-state index contributed by atoms with van der Waals surface area (Å²) in [6, 6.07) is 11.1. The summed E-state index contributed by atoms with van der Waals surface area (Å²) in [4.78, 5) is 27.4. The lowest BCUT2D eigenvalue weighted by atomic mass is 10.1. The minimum Gasteiger partial charge on any atom is -0.352 e. The zero-order valence-corrected chi connectivity index (χ0v) is 20.7. The SMILES string of the molecule is CCC(C)NC(=O)C(C)N(Cc1ccc(Cl)cc1)C(=O)CN(c1ccccc1F)S(C)(=O)=O. The van der Waals surface area contributed by atoms with Gasteiger partial charge in [-0.05, 0) is 50.1 Å². The van der Waals surface area contributed by atoms with E-state index in [1.54, 1.807) is 31.2 Å². The first kappa shape index (κ1) is 26.6. The van der Waals surface area contributed by atoms with Crippen LogP contribution in [0.1, 0.15) is 32.8 Å². The van der Waals surface area contributed by atoms with E-state index in [4.69, 9.17) is 11.6 Å². The monoisotopic (exact) mass is 497 g/mol. The van der Waals surface area contributed by atoms with Crippen molar-refractivity contribution in [1.82, 2.24) is 10.2 Å². The van der Waals surface area contributed by atoms with Crippen LogP contribution in [-0.4, -0.2) is 50.0 Å². The first-order chi connectivity index (χ1) is 15.4. The lowest BCUT2D eigenvalue weighted by Crippen LogP contribution is -2.52. The van der Waals surface area contributed by atoms with Gasteiger partial charge in [0.15, 0.2) is 0 Å². The Morgan fingerprint density at radius 1 is 1.09 bits per heavy atom. The number of benzene rings is 2. The molecule has 0 spiro atoms. The summed E-state index contributed by atoms with van der Waals surface area (Å²) in [5, 5.41) is 3.35. The van der Waals surface area contributed by atoms with E-state index in [9.17, 15) is 22.4 Å². The quantitative estimate of drug-likeness (QED) is 0.543. The van der Waals surface area contributed by atoms with E-state index in [1.165, 1.54) is 23.1 Å². The maximum Gasteiger partial charge on any atom is 0.244 e. The third-order valence-corrected chi connectivity index (χ3v) is 6.61. The molecule has 2 aromatic rings. The fourth-order valence-electron chi connectivity index (χ4n) is 3.08. The minimum absolute atomic E-state index is 0.0416. The van der Waals surface area contributed by atoms with Crippen LogP contribution in [0, 0.1) is 5.82 Å². The molecule has 0 saturated heterocycles. The summed E-state index contributed by atoms with van der Waals surface area (Å²) >= 11 is 5.95. The van der Waals surface area contributed by atoms with Gasteiger partial charge in [-0.25, -0.2) is 12.8 Å². The molecule has 0 fully saturated rings. The number of hydrogen-bond acceptors (Lipinski definition) is 4. The van der Waals surface area contributed by atoms with Crippen molar-refractivity contribution < 1.29 is 22.4 Å². The average Bonchev–Trinajstić information content (AvgIpc) is 2.76. The Bertz CT molecular complexity index is 1080. The number of rotatable bonds is 10. The Hall–Kier alpha value is -2.65. The molecule has 0 radical (unpaired) electrons. The molecule has 0 aliphatic carbocycles. The summed E-state index contributed by atoms with van der Waals surface area (Å²) in [5.41, 5.74) is 0.462. The van der Waals surface area contributed by atoms with Crippen molar-refractivity contribution in [3.8, 4) is 0 Å². The van der Waals surface area contributed by atoms with Gasteiger partial charge < -0.3 is 10.2 Å². The molecule has 0 aromatic heterocycles. The maximum absolute atomic E-state index is 14.4. The number of carbonyl (C=O) groups is 2. The van der Waals surface area contributed by atoms with E-state index in [0.717, 1.165) is 12.3 Å². The third kappa shape index (κ3) is 7.43. The fourth-order valence-corrected chi connectivity index (χ4v) is 4.06. The molecule has 0 aliphatic heterocycles. The van der Waals surface area contributed by atoms with E-state index in [-0.39, 0.29) is 24.2 Å². The van der Waals surface area contributed by atoms with Crippen molar-refractivity contribution in [2.75, 3.05) is 17.1 Å². The van der Waals surface area contributed by atoms with Crippen molar-refractivity contribution in [2.45, 2.75) is 45.8 Å². The van der Waals surface area contributed by atoms with E-state index < -0.39 is 34.3 Å². The molecule has 0 bridgehead atoms. The number of anilines is 1. The highest BCUT2D eigenvalue weighted by atomic mass is 35.5. The van der Waals surface area contributed by atoms with E-state index in [2.05, 4.69) is 5.32 Å². The van der Waals surface area contributed by atoms with Gasteiger partial charge in [0.2, 0.25) is 21.8 Å². The van der Waals surface area contributed by atoms with Crippen LogP contribution in [-0.2, 0) is 26.2 Å². The lowest BCUT2D eigenvalue weighted by molar-refractivity contribution is -0.139. The topological polar surface area (TPSA) is 86.8 Å². The Labute approximate surface area is 199 Å². The van der Waals surface area contributed by atoms with E-state index in [0.29, 0.717) is 21.3 Å². The molecule has 2 unspecified atom stereocenters. The number of nitrogens with one attached hydrogen (secondary N) is 1. The Morgan fingerprint density at radius 2 is 1.70 bits per heavy atom. The number of carbonyl (C=O) groups excluding carboxylic acids is 2. The number of nitrogens with zero attached hydrogens (tertiary/aromatic N) is 2. The van der Waals surface area contributed by atoms with Crippen molar-refractivity contribution >= 4 is 39.1 Å². The number of sulfonamides is 1. The van der Waals surface area contributed by atoms with Crippen LogP contribution in [0.25, 0.3) is 0 Å². The van der Waals surface area contributed by atoms with Crippen LogP contribution in [0.2, 0.25) is 5.02 Å². The van der Waals surface area contributed by atoms with Gasteiger partial charge in [0.25, 0.3) is 0 Å². The highest BCUT2D eigenvalue weighted by Gasteiger charge is 2.31. The zero-order valence-electron chi connectivity index (χ0n) is 19.1. The molecule has 7 nitrogen and oxygen atoms in total. The van der Waals surface area contributed by atoms with Gasteiger partial charge in [-0.2, -0.15) is 0 Å². The molecule has 2 amide bonds. The van der Waals surface area contributed by atoms with Crippen molar-refractivity contribution in [3.63, 3.8) is 0 Å². The molecule has 0 aliphatic rings. The summed E-state index contributed by atoms with van der Waals surface area (Å²) in [6.45, 7) is 4.72. The molecule has 180 valence electrons. The van der Waals surface area contributed by atoms with E-state index >= 15 is 0 Å². The molecule has 2 rings (SSSR count). The van der Waals surface area contributed by atoms with Gasteiger partial charge in [0.05, 0.1) is 11.9 Å². The van der Waals surface area contributed by atoms with Gasteiger partial charge in [-0.3, -0.25) is 13.9 Å². The number of halogens is 2. The maximum atomic E-state index is 14.4. The Morgan fingerprint density at radius 3 is 2.24 bits per heavy atom. The fraction of sp³-hybridized carbons (Fsp3) is 0.391. The van der Waals surface area contributed by atoms with Gasteiger partial charge in [0.1, 0.15) is 18.4 Å². The molecule has 10 heteroatoms. The predicted octanol–water partition coefficient (Wildman–Crippen LogP) is 3.58. The van der Waals surface area contributed by atoms with Crippen LogP contribution in [0.4, 0.5) is 10.1 Å². The molecular weight excluding hydrogens is 469 g/mol. The zero-order chi connectivity index (χ0) is 24.8. The molecule has 0 saturated carbocycles. The largest absolute Gasteiger partial charge is 0.352 e. The molecule has 1 N–H and O–H groups in total. The summed E-state index contributed by atoms with van der Waals surface area (Å²) in [6.07, 6.45) is 1.61. The van der Waals surface area contributed by atoms with Gasteiger partial charge >= 0.3 is 0 Å². The second kappa shape index (κ2) is 11.5. The second-order valence-electron chi connectivity index (χ2n) is 7.86. The van der Waals surface area contributed by atoms with Crippen LogP contribution < -0.4 is 9.62 Å². The second-order valence-corrected chi connectivity index (χ2v) is 10.2. The standard InChI is InChI=1S/C23H29ClFN3O4S/c1-5-16(2)26-23(30)17(3)27(14-18-10-12-19(24)13-11-18)22(29)15-28(33(4,31)32)21-9-7-6-8-20(21)25/h6-13,16-17H,5,14-15H2,1-4H3,(H,26,30). The highest BCUT2D eigenvalue weighted by molar-refractivity contribution is 7.92. The molecule has 2 aromatic carbocycles. The van der Waals surface area contributed by atoms with Crippen LogP contribution >= 0.6 is 11.6 Å². The Balaban J connectivity index is 2.39. The first-order valence-corrected chi connectivity index (χ1v) is 12.7. The minimum atomic E-state index is -3.99. The van der Waals surface area contributed by atoms with Crippen LogP contribution in [0.5, 0.6) is 0 Å². The highest BCUT2D eigenvalue weighted by Crippen LogP contribution is 2.22. The van der Waals surface area contributed by atoms with Crippen LogP contribution in [0.15, 0.2) is 48.5 Å². The number of para-hydroxylation sites is 1. The van der Waals surface area contributed by atoms with Gasteiger partial charge in [-0.1, -0.05) is 42.8 Å². The molecule has 2 atom stereocenters. The van der Waals surface area contributed by atoms with Gasteiger partial charge in [-0.15, -0.1) is 0 Å². The van der Waals surface area contributed by atoms with Crippen LogP contribution in [0.3, 0.4) is 0 Å². The number of amides is 2. The molecule has 0 heterocycles. The predicted molar refractivity (Wildman–Crippen MR) is 128 cm³/mol. The van der Waals surface area contributed by atoms with Crippen molar-refractivity contribution in [1.29, 1.82) is 0 Å². The molecule has 33 heavy (non-hydrogen) atoms. The van der Waals surface area contributed by atoms with Gasteiger partial charge in [0, 0.05) is 17.6 Å². The first-order valence-electron chi connectivity index (χ1n) is 10.5. The average molecular weight is 498 g/mol. The summed E-state index contributed by atoms with van der Waals surface area (Å²) in [7, 11) is -3.99. The van der Waals surface area contributed by atoms with Crippen molar-refractivity contribution in [3.05, 3.63) is 64.9 Å². The molecular formula is C23H29ClFN3O4S. The summed E-state index contributed by atoms with van der Waals surface area (Å²) in [5.74, 6) is -1.79. The lowest BCUT2D eigenvalue weighted by Gasteiger charge is -2.32. The normalized spacial score (nSPS) is 13.2. The Kier molecular flexibility index (Phi) is 9.25. The third-order valence-electron chi connectivity index (χ3n) is 5.23. The smallest absolute Gasteiger partial charge is 0.244 e. The van der Waals surface area contributed by atoms with Crippen molar-refractivity contribution in [2.24, 2.45) is 0 Å².